The number of carbonyl (C=O) groups is 1. The zero-order chi connectivity index (χ0) is 14.5. The number of carbonyl (C=O) groups excluding carboxylic acids is 1. The minimum atomic E-state index is 0.0534. The second kappa shape index (κ2) is 6.71. The topological polar surface area (TPSA) is 41.1 Å². The van der Waals surface area contributed by atoms with Crippen molar-refractivity contribution in [3.63, 3.8) is 0 Å². The fourth-order valence-corrected chi connectivity index (χ4v) is 1.75. The Morgan fingerprint density at radius 1 is 1.26 bits per heavy atom. The summed E-state index contributed by atoms with van der Waals surface area (Å²) < 4.78 is 0. The highest BCUT2D eigenvalue weighted by molar-refractivity contribution is 5.90. The fraction of sp³-hybridized carbons (Fsp3) is 0.562. The first-order chi connectivity index (χ1) is 8.78. The molecule has 1 rings (SSSR count). The van der Waals surface area contributed by atoms with E-state index in [1.807, 2.05) is 18.2 Å². The van der Waals surface area contributed by atoms with Crippen LogP contribution in [0.15, 0.2) is 24.3 Å². The van der Waals surface area contributed by atoms with E-state index in [1.54, 1.807) is 0 Å². The molecule has 0 fully saturated rings. The van der Waals surface area contributed by atoms with E-state index < -0.39 is 0 Å². The molecule has 0 aliphatic carbocycles. The van der Waals surface area contributed by atoms with Crippen molar-refractivity contribution in [2.45, 2.75) is 52.5 Å². The van der Waals surface area contributed by atoms with Gasteiger partial charge < -0.3 is 10.6 Å². The molecular weight excluding hydrogens is 236 g/mol. The third kappa shape index (κ3) is 6.39. The maximum Gasteiger partial charge on any atom is 0.225 e. The fourth-order valence-electron chi connectivity index (χ4n) is 1.75. The molecule has 0 aliphatic heterocycles. The molecule has 0 unspecified atom stereocenters. The molecule has 0 aromatic heterocycles. The van der Waals surface area contributed by atoms with E-state index in [9.17, 15) is 4.79 Å². The van der Waals surface area contributed by atoms with Crippen LogP contribution in [0.1, 0.15) is 52.5 Å². The molecule has 0 spiro atoms. The van der Waals surface area contributed by atoms with Crippen LogP contribution < -0.4 is 10.6 Å². The van der Waals surface area contributed by atoms with Crippen molar-refractivity contribution in [2.75, 3.05) is 11.9 Å². The van der Waals surface area contributed by atoms with Crippen LogP contribution in [0.4, 0.5) is 5.69 Å². The normalized spacial score (nSPS) is 11.7. The summed E-state index contributed by atoms with van der Waals surface area (Å²) in [7, 11) is 0. The predicted molar refractivity (Wildman–Crippen MR) is 81.5 cm³/mol. The number of hydrogen-bond acceptors (Lipinski definition) is 2. The molecule has 106 valence electrons. The molecule has 0 radical (unpaired) electrons. The van der Waals surface area contributed by atoms with Crippen LogP contribution in [-0.2, 0) is 4.79 Å². The molecule has 1 aromatic rings. The third-order valence-electron chi connectivity index (χ3n) is 2.84. The maximum absolute atomic E-state index is 11.8. The van der Waals surface area contributed by atoms with Crippen LogP contribution >= 0.6 is 0 Å². The lowest BCUT2D eigenvalue weighted by molar-refractivity contribution is -0.116. The van der Waals surface area contributed by atoms with Gasteiger partial charge in [-0.2, -0.15) is 0 Å². The van der Waals surface area contributed by atoms with Crippen molar-refractivity contribution in [3.8, 4) is 0 Å². The Labute approximate surface area is 116 Å². The van der Waals surface area contributed by atoms with Gasteiger partial charge in [-0.3, -0.25) is 4.79 Å². The molecule has 2 N–H and O–H groups in total. The van der Waals surface area contributed by atoms with E-state index in [4.69, 9.17) is 0 Å². The van der Waals surface area contributed by atoms with Gasteiger partial charge in [-0.05, 0) is 44.4 Å². The summed E-state index contributed by atoms with van der Waals surface area (Å²) in [6.07, 6.45) is 0.489. The molecule has 19 heavy (non-hydrogen) atoms. The van der Waals surface area contributed by atoms with Crippen molar-refractivity contribution in [1.29, 1.82) is 0 Å². The molecule has 1 amide bonds. The second-order valence-electron chi connectivity index (χ2n) is 6.26. The van der Waals surface area contributed by atoms with Gasteiger partial charge in [0.1, 0.15) is 0 Å². The number of anilines is 1. The highest BCUT2D eigenvalue weighted by Crippen LogP contribution is 2.18. The van der Waals surface area contributed by atoms with Crippen LogP contribution in [0.3, 0.4) is 0 Å². The van der Waals surface area contributed by atoms with Gasteiger partial charge in [-0.15, -0.1) is 0 Å². The highest BCUT2D eigenvalue weighted by atomic mass is 16.1. The molecule has 0 heterocycles. The Bertz CT molecular complexity index is 419. The van der Waals surface area contributed by atoms with E-state index >= 15 is 0 Å². The number of hydrogen-bond donors (Lipinski definition) is 2. The van der Waals surface area contributed by atoms with E-state index in [2.05, 4.69) is 51.3 Å². The lowest BCUT2D eigenvalue weighted by Gasteiger charge is -2.20. The van der Waals surface area contributed by atoms with Gasteiger partial charge in [-0.1, -0.05) is 26.0 Å². The second-order valence-corrected chi connectivity index (χ2v) is 6.26. The van der Waals surface area contributed by atoms with Gasteiger partial charge in [0.05, 0.1) is 0 Å². The van der Waals surface area contributed by atoms with Crippen LogP contribution in [0.5, 0.6) is 0 Å². The molecule has 0 saturated carbocycles. The van der Waals surface area contributed by atoms with Crippen molar-refractivity contribution < 1.29 is 4.79 Å². The standard InChI is InChI=1S/C16H26N2O/c1-12(2)13-7-6-8-14(11-13)18-15(19)9-10-17-16(3,4)5/h6-8,11-12,17H,9-10H2,1-5H3,(H,18,19). The summed E-state index contributed by atoms with van der Waals surface area (Å²) in [5, 5.41) is 6.25. The van der Waals surface area contributed by atoms with Gasteiger partial charge in [0.2, 0.25) is 5.91 Å². The first-order valence-corrected chi connectivity index (χ1v) is 6.93. The van der Waals surface area contributed by atoms with Gasteiger partial charge in [-0.25, -0.2) is 0 Å². The molecule has 0 bridgehead atoms. The SMILES string of the molecule is CC(C)c1cccc(NC(=O)CCNC(C)(C)C)c1. The van der Waals surface area contributed by atoms with Crippen LogP contribution in [0.25, 0.3) is 0 Å². The van der Waals surface area contributed by atoms with E-state index in [0.29, 0.717) is 18.9 Å². The van der Waals surface area contributed by atoms with Gasteiger partial charge in [0, 0.05) is 24.2 Å². The number of amides is 1. The number of benzene rings is 1. The van der Waals surface area contributed by atoms with Crippen LogP contribution in [0, 0.1) is 0 Å². The van der Waals surface area contributed by atoms with Gasteiger partial charge >= 0.3 is 0 Å². The average molecular weight is 262 g/mol. The Hall–Kier alpha value is -1.35. The monoisotopic (exact) mass is 262 g/mol. The van der Waals surface area contributed by atoms with Gasteiger partial charge in [0.25, 0.3) is 0 Å². The quantitative estimate of drug-likeness (QED) is 0.852. The Morgan fingerprint density at radius 2 is 1.95 bits per heavy atom. The lowest BCUT2D eigenvalue weighted by atomic mass is 10.0. The minimum Gasteiger partial charge on any atom is -0.326 e. The van der Waals surface area contributed by atoms with Crippen molar-refractivity contribution in [1.82, 2.24) is 5.32 Å². The molecule has 3 nitrogen and oxygen atoms in total. The Morgan fingerprint density at radius 3 is 2.53 bits per heavy atom. The van der Waals surface area contributed by atoms with E-state index in [1.165, 1.54) is 5.56 Å². The van der Waals surface area contributed by atoms with Crippen molar-refractivity contribution in [3.05, 3.63) is 29.8 Å². The smallest absolute Gasteiger partial charge is 0.225 e. The zero-order valence-electron chi connectivity index (χ0n) is 12.7. The van der Waals surface area contributed by atoms with E-state index in [-0.39, 0.29) is 11.4 Å². The molecule has 3 heteroatoms. The molecule has 0 atom stereocenters. The summed E-state index contributed by atoms with van der Waals surface area (Å²) in [6, 6.07) is 8.04. The van der Waals surface area contributed by atoms with Crippen LogP contribution in [-0.4, -0.2) is 18.0 Å². The first kappa shape index (κ1) is 15.7. The van der Waals surface area contributed by atoms with Crippen molar-refractivity contribution >= 4 is 11.6 Å². The van der Waals surface area contributed by atoms with E-state index in [0.717, 1.165) is 5.69 Å². The van der Waals surface area contributed by atoms with Crippen LogP contribution in [0.2, 0.25) is 0 Å². The maximum atomic E-state index is 11.8. The minimum absolute atomic E-state index is 0.0534. The molecule has 1 aromatic carbocycles. The Kier molecular flexibility index (Phi) is 5.55. The molecule has 0 saturated heterocycles. The predicted octanol–water partition coefficient (Wildman–Crippen LogP) is 3.53. The van der Waals surface area contributed by atoms with Gasteiger partial charge in [0.15, 0.2) is 0 Å². The summed E-state index contributed by atoms with van der Waals surface area (Å²) >= 11 is 0. The average Bonchev–Trinajstić information content (AvgIpc) is 2.27. The molecular formula is C16H26N2O. The largest absolute Gasteiger partial charge is 0.326 e. The zero-order valence-corrected chi connectivity index (χ0v) is 12.7. The summed E-state index contributed by atoms with van der Waals surface area (Å²) in [4.78, 5) is 11.8. The summed E-state index contributed by atoms with van der Waals surface area (Å²) in [5.41, 5.74) is 2.18. The third-order valence-corrected chi connectivity index (χ3v) is 2.84. The van der Waals surface area contributed by atoms with Crippen molar-refractivity contribution in [2.24, 2.45) is 0 Å². The summed E-state index contributed by atoms with van der Waals surface area (Å²) in [5.74, 6) is 0.525. The highest BCUT2D eigenvalue weighted by Gasteiger charge is 2.10. The lowest BCUT2D eigenvalue weighted by Crippen LogP contribution is -2.37. The summed E-state index contributed by atoms with van der Waals surface area (Å²) in [6.45, 7) is 11.3. The molecule has 0 aliphatic rings. The number of rotatable bonds is 5. The first-order valence-electron chi connectivity index (χ1n) is 6.93. The Balaban J connectivity index is 2.46. The number of nitrogens with one attached hydrogen (secondary N) is 2.